The van der Waals surface area contributed by atoms with Crippen LogP contribution in [0.1, 0.15) is 55.5 Å². The fraction of sp³-hybridized carbons (Fsp3) is 0.389. The van der Waals surface area contributed by atoms with Crippen molar-refractivity contribution in [2.24, 2.45) is 0 Å². The largest absolute Gasteiger partial charge is 0.344 e. The number of carbonyl (C=O) groups is 1. The molecule has 0 radical (unpaired) electrons. The highest BCUT2D eigenvalue weighted by Crippen LogP contribution is 2.21. The Hall–Kier alpha value is -2.63. The van der Waals surface area contributed by atoms with Crippen molar-refractivity contribution in [3.8, 4) is 0 Å². The Morgan fingerprint density at radius 3 is 2.75 bits per heavy atom. The predicted octanol–water partition coefficient (Wildman–Crippen LogP) is 3.09. The van der Waals surface area contributed by atoms with E-state index in [1.807, 2.05) is 47.5 Å². The normalized spacial score (nSPS) is 13.2. The lowest BCUT2D eigenvalue weighted by Crippen LogP contribution is -2.28. The SMILES string of the molecule is Cc1nn(C(C)(C)C)cc1C(C)NC(=O)c1cc2cccn2cn1. The van der Waals surface area contributed by atoms with Crippen LogP contribution >= 0.6 is 0 Å². The summed E-state index contributed by atoms with van der Waals surface area (Å²) in [5.74, 6) is -0.186. The van der Waals surface area contributed by atoms with Crippen molar-refractivity contribution in [2.75, 3.05) is 0 Å². The molecule has 0 spiro atoms. The van der Waals surface area contributed by atoms with Crippen molar-refractivity contribution >= 4 is 11.4 Å². The molecule has 1 amide bonds. The van der Waals surface area contributed by atoms with Crippen LogP contribution in [0.5, 0.6) is 0 Å². The van der Waals surface area contributed by atoms with Crippen molar-refractivity contribution in [3.05, 3.63) is 53.9 Å². The maximum absolute atomic E-state index is 12.5. The minimum Gasteiger partial charge on any atom is -0.344 e. The molecule has 0 aliphatic heterocycles. The fourth-order valence-corrected chi connectivity index (χ4v) is 2.65. The van der Waals surface area contributed by atoms with Gasteiger partial charge >= 0.3 is 0 Å². The number of rotatable bonds is 3. The number of aryl methyl sites for hydroxylation is 1. The van der Waals surface area contributed by atoms with Gasteiger partial charge in [0.1, 0.15) is 5.69 Å². The molecule has 3 aromatic heterocycles. The lowest BCUT2D eigenvalue weighted by Gasteiger charge is -2.19. The molecule has 0 fully saturated rings. The summed E-state index contributed by atoms with van der Waals surface area (Å²) in [4.78, 5) is 16.7. The van der Waals surface area contributed by atoms with Crippen molar-refractivity contribution in [3.63, 3.8) is 0 Å². The second kappa shape index (κ2) is 5.78. The lowest BCUT2D eigenvalue weighted by molar-refractivity contribution is 0.0934. The van der Waals surface area contributed by atoms with Gasteiger partial charge in [-0.15, -0.1) is 0 Å². The van der Waals surface area contributed by atoms with Gasteiger partial charge in [-0.25, -0.2) is 4.98 Å². The van der Waals surface area contributed by atoms with Gasteiger partial charge in [0.2, 0.25) is 0 Å². The quantitative estimate of drug-likeness (QED) is 0.805. The first-order valence-corrected chi connectivity index (χ1v) is 8.06. The maximum atomic E-state index is 12.5. The Kier molecular flexibility index (Phi) is 3.91. The van der Waals surface area contributed by atoms with E-state index in [-0.39, 0.29) is 17.5 Å². The Bertz CT molecular complexity index is 884. The van der Waals surface area contributed by atoms with E-state index in [1.54, 1.807) is 12.4 Å². The summed E-state index contributed by atoms with van der Waals surface area (Å²) >= 11 is 0. The Labute approximate surface area is 141 Å². The third-order valence-electron chi connectivity index (χ3n) is 4.09. The second-order valence-electron chi connectivity index (χ2n) is 7.09. The van der Waals surface area contributed by atoms with Crippen LogP contribution in [0.15, 0.2) is 36.9 Å². The van der Waals surface area contributed by atoms with Crippen LogP contribution in [-0.4, -0.2) is 25.1 Å². The van der Waals surface area contributed by atoms with E-state index in [0.717, 1.165) is 16.8 Å². The van der Waals surface area contributed by atoms with Gasteiger partial charge in [0.15, 0.2) is 0 Å². The van der Waals surface area contributed by atoms with Crippen molar-refractivity contribution in [1.82, 2.24) is 24.5 Å². The highest BCUT2D eigenvalue weighted by molar-refractivity contribution is 5.93. The number of fused-ring (bicyclic) bond motifs is 1. The predicted molar refractivity (Wildman–Crippen MR) is 93.0 cm³/mol. The first kappa shape index (κ1) is 16.2. The van der Waals surface area contributed by atoms with Crippen LogP contribution in [0.25, 0.3) is 5.52 Å². The minimum absolute atomic E-state index is 0.0890. The Morgan fingerprint density at radius 2 is 2.08 bits per heavy atom. The highest BCUT2D eigenvalue weighted by atomic mass is 16.1. The average Bonchev–Trinajstić information content (AvgIpc) is 3.11. The van der Waals surface area contributed by atoms with E-state index >= 15 is 0 Å². The van der Waals surface area contributed by atoms with E-state index in [2.05, 4.69) is 36.2 Å². The number of nitrogens with zero attached hydrogens (tertiary/aromatic N) is 4. The third kappa shape index (κ3) is 3.04. The maximum Gasteiger partial charge on any atom is 0.270 e. The fourth-order valence-electron chi connectivity index (χ4n) is 2.65. The number of amides is 1. The molecular formula is C18H23N5O. The highest BCUT2D eigenvalue weighted by Gasteiger charge is 2.21. The molecule has 6 heteroatoms. The second-order valence-corrected chi connectivity index (χ2v) is 7.09. The van der Waals surface area contributed by atoms with Crippen molar-refractivity contribution < 1.29 is 4.79 Å². The van der Waals surface area contributed by atoms with E-state index in [4.69, 9.17) is 0 Å². The standard InChI is InChI=1S/C18H23N5O/c1-12(15-10-23(18(3,4)5)21-13(15)2)20-17(24)16-9-14-7-6-8-22(14)11-19-16/h6-12H,1-5H3,(H,20,24). The summed E-state index contributed by atoms with van der Waals surface area (Å²) in [6, 6.07) is 5.51. The number of carbonyl (C=O) groups excluding carboxylic acids is 1. The van der Waals surface area contributed by atoms with Crippen LogP contribution in [-0.2, 0) is 5.54 Å². The zero-order chi connectivity index (χ0) is 17.5. The van der Waals surface area contributed by atoms with Crippen molar-refractivity contribution in [2.45, 2.75) is 46.2 Å². The summed E-state index contributed by atoms with van der Waals surface area (Å²) in [5.41, 5.74) is 3.21. The molecule has 3 heterocycles. The van der Waals surface area contributed by atoms with E-state index in [9.17, 15) is 4.79 Å². The molecule has 3 rings (SSSR count). The van der Waals surface area contributed by atoms with Gasteiger partial charge in [0.05, 0.1) is 23.6 Å². The van der Waals surface area contributed by atoms with Gasteiger partial charge in [-0.05, 0) is 52.8 Å². The average molecular weight is 325 g/mol. The van der Waals surface area contributed by atoms with Crippen LogP contribution in [0.3, 0.4) is 0 Å². The molecule has 0 saturated heterocycles. The van der Waals surface area contributed by atoms with Gasteiger partial charge in [0, 0.05) is 23.5 Å². The molecule has 24 heavy (non-hydrogen) atoms. The summed E-state index contributed by atoms with van der Waals surface area (Å²) in [6.07, 6.45) is 5.55. The summed E-state index contributed by atoms with van der Waals surface area (Å²) in [5, 5.41) is 7.57. The van der Waals surface area contributed by atoms with Crippen LogP contribution in [0.2, 0.25) is 0 Å². The molecule has 1 unspecified atom stereocenters. The Morgan fingerprint density at radius 1 is 1.33 bits per heavy atom. The third-order valence-corrected chi connectivity index (χ3v) is 4.09. The monoisotopic (exact) mass is 325 g/mol. The van der Waals surface area contributed by atoms with E-state index in [1.165, 1.54) is 0 Å². The molecular weight excluding hydrogens is 302 g/mol. The lowest BCUT2D eigenvalue weighted by atomic mass is 10.1. The first-order chi connectivity index (χ1) is 11.3. The molecule has 126 valence electrons. The zero-order valence-electron chi connectivity index (χ0n) is 14.7. The Balaban J connectivity index is 1.80. The zero-order valence-corrected chi connectivity index (χ0v) is 14.7. The number of hydrogen-bond donors (Lipinski definition) is 1. The molecule has 0 saturated carbocycles. The molecule has 0 aliphatic carbocycles. The molecule has 0 bridgehead atoms. The molecule has 0 aliphatic rings. The molecule has 3 aromatic rings. The van der Waals surface area contributed by atoms with E-state index < -0.39 is 0 Å². The van der Waals surface area contributed by atoms with Crippen LogP contribution in [0.4, 0.5) is 0 Å². The van der Waals surface area contributed by atoms with Gasteiger partial charge < -0.3 is 9.72 Å². The van der Waals surface area contributed by atoms with Crippen LogP contribution < -0.4 is 5.32 Å². The number of aromatic nitrogens is 4. The van der Waals surface area contributed by atoms with E-state index in [0.29, 0.717) is 5.69 Å². The minimum atomic E-state index is -0.186. The first-order valence-electron chi connectivity index (χ1n) is 8.06. The van der Waals surface area contributed by atoms with Crippen LogP contribution in [0, 0.1) is 6.92 Å². The van der Waals surface area contributed by atoms with Gasteiger partial charge in [-0.3, -0.25) is 9.48 Å². The van der Waals surface area contributed by atoms with Gasteiger partial charge in [0.25, 0.3) is 5.91 Å². The summed E-state index contributed by atoms with van der Waals surface area (Å²) in [6.45, 7) is 10.2. The molecule has 0 aromatic carbocycles. The topological polar surface area (TPSA) is 64.2 Å². The smallest absolute Gasteiger partial charge is 0.270 e. The molecule has 1 N–H and O–H groups in total. The number of nitrogens with one attached hydrogen (secondary N) is 1. The summed E-state index contributed by atoms with van der Waals surface area (Å²) in [7, 11) is 0. The van der Waals surface area contributed by atoms with Crippen molar-refractivity contribution in [1.29, 1.82) is 0 Å². The van der Waals surface area contributed by atoms with Gasteiger partial charge in [-0.1, -0.05) is 0 Å². The molecule has 1 atom stereocenters. The van der Waals surface area contributed by atoms with Gasteiger partial charge in [-0.2, -0.15) is 5.10 Å². The molecule has 6 nitrogen and oxygen atoms in total. The summed E-state index contributed by atoms with van der Waals surface area (Å²) < 4.78 is 3.81. The number of hydrogen-bond acceptors (Lipinski definition) is 3.